The number of furan rings is 1. The molecule has 0 unspecified atom stereocenters. The molecule has 0 bridgehead atoms. The first-order valence-corrected chi connectivity index (χ1v) is 6.24. The van der Waals surface area contributed by atoms with Gasteiger partial charge in [0.25, 0.3) is 0 Å². The van der Waals surface area contributed by atoms with Gasteiger partial charge in [0, 0.05) is 16.8 Å². The highest BCUT2D eigenvalue weighted by atomic mass is 35.5. The van der Waals surface area contributed by atoms with Crippen molar-refractivity contribution in [3.63, 3.8) is 0 Å². The molecule has 0 saturated carbocycles. The maximum absolute atomic E-state index is 13.8. The SMILES string of the molecule is Fc1ccc(-c2cc3cc(CCl)cc(F)c3o2)cc1. The molecule has 0 saturated heterocycles. The van der Waals surface area contributed by atoms with E-state index in [-0.39, 0.29) is 17.3 Å². The molecule has 96 valence electrons. The average molecular weight is 279 g/mol. The molecule has 1 aromatic heterocycles. The topological polar surface area (TPSA) is 13.1 Å². The van der Waals surface area contributed by atoms with Crippen molar-refractivity contribution in [1.29, 1.82) is 0 Å². The second-order valence-electron chi connectivity index (χ2n) is 4.25. The van der Waals surface area contributed by atoms with Gasteiger partial charge in [0.2, 0.25) is 0 Å². The smallest absolute Gasteiger partial charge is 0.170 e. The highest BCUT2D eigenvalue weighted by Crippen LogP contribution is 2.30. The predicted octanol–water partition coefficient (Wildman–Crippen LogP) is 5.12. The Hall–Kier alpha value is -1.87. The molecule has 0 N–H and O–H groups in total. The van der Waals surface area contributed by atoms with Gasteiger partial charge >= 0.3 is 0 Å². The van der Waals surface area contributed by atoms with E-state index in [1.54, 1.807) is 24.3 Å². The summed E-state index contributed by atoms with van der Waals surface area (Å²) in [5.74, 6) is -0.0261. The third-order valence-electron chi connectivity index (χ3n) is 2.91. The Morgan fingerprint density at radius 1 is 1.00 bits per heavy atom. The minimum Gasteiger partial charge on any atom is -0.453 e. The van der Waals surface area contributed by atoms with Crippen LogP contribution in [0.5, 0.6) is 0 Å². The molecule has 0 spiro atoms. The zero-order valence-electron chi connectivity index (χ0n) is 9.79. The second-order valence-corrected chi connectivity index (χ2v) is 4.51. The second kappa shape index (κ2) is 4.67. The van der Waals surface area contributed by atoms with Gasteiger partial charge in [-0.3, -0.25) is 0 Å². The summed E-state index contributed by atoms with van der Waals surface area (Å²) in [5, 5.41) is 0.648. The summed E-state index contributed by atoms with van der Waals surface area (Å²) < 4.78 is 32.2. The summed E-state index contributed by atoms with van der Waals surface area (Å²) in [4.78, 5) is 0. The van der Waals surface area contributed by atoms with Crippen molar-refractivity contribution in [2.75, 3.05) is 0 Å². The van der Waals surface area contributed by atoms with Crippen LogP contribution in [-0.4, -0.2) is 0 Å². The van der Waals surface area contributed by atoms with E-state index in [0.29, 0.717) is 22.3 Å². The number of benzene rings is 2. The van der Waals surface area contributed by atoms with Crippen molar-refractivity contribution < 1.29 is 13.2 Å². The molecule has 0 radical (unpaired) electrons. The fourth-order valence-corrected chi connectivity index (χ4v) is 2.16. The lowest BCUT2D eigenvalue weighted by molar-refractivity contribution is 0.568. The number of fused-ring (bicyclic) bond motifs is 1. The minimum absolute atomic E-state index is 0.188. The molecule has 1 nitrogen and oxygen atoms in total. The quantitative estimate of drug-likeness (QED) is 0.593. The van der Waals surface area contributed by atoms with Gasteiger partial charge in [-0.15, -0.1) is 11.6 Å². The zero-order chi connectivity index (χ0) is 13.4. The third kappa shape index (κ3) is 2.22. The highest BCUT2D eigenvalue weighted by molar-refractivity contribution is 6.17. The molecule has 3 aromatic rings. The monoisotopic (exact) mass is 278 g/mol. The van der Waals surface area contributed by atoms with Gasteiger partial charge in [0.15, 0.2) is 11.4 Å². The molecule has 4 heteroatoms. The van der Waals surface area contributed by atoms with Crippen LogP contribution in [0, 0.1) is 11.6 Å². The highest BCUT2D eigenvalue weighted by Gasteiger charge is 2.11. The van der Waals surface area contributed by atoms with E-state index < -0.39 is 5.82 Å². The van der Waals surface area contributed by atoms with Crippen molar-refractivity contribution in [2.45, 2.75) is 5.88 Å². The Labute approximate surface area is 113 Å². The molecule has 0 atom stereocenters. The fraction of sp³-hybridized carbons (Fsp3) is 0.0667. The van der Waals surface area contributed by atoms with Crippen LogP contribution in [0.3, 0.4) is 0 Å². The third-order valence-corrected chi connectivity index (χ3v) is 3.22. The Bertz CT molecular complexity index is 732. The number of hydrogen-bond acceptors (Lipinski definition) is 1. The number of rotatable bonds is 2. The number of alkyl halides is 1. The summed E-state index contributed by atoms with van der Waals surface area (Å²) in [6.45, 7) is 0. The largest absolute Gasteiger partial charge is 0.453 e. The lowest BCUT2D eigenvalue weighted by Crippen LogP contribution is -1.81. The molecule has 2 aromatic carbocycles. The minimum atomic E-state index is -0.443. The van der Waals surface area contributed by atoms with Crippen LogP contribution in [0.2, 0.25) is 0 Å². The van der Waals surface area contributed by atoms with Crippen molar-refractivity contribution >= 4 is 22.6 Å². The molecule has 0 aliphatic rings. The van der Waals surface area contributed by atoms with Gasteiger partial charge in [-0.05, 0) is 48.0 Å². The first-order valence-electron chi connectivity index (χ1n) is 5.71. The van der Waals surface area contributed by atoms with E-state index in [1.807, 2.05) is 0 Å². The van der Waals surface area contributed by atoms with E-state index in [1.165, 1.54) is 18.2 Å². The molecule has 0 aliphatic heterocycles. The number of hydrogen-bond donors (Lipinski definition) is 0. The molecular weight excluding hydrogens is 270 g/mol. The Balaban J connectivity index is 2.16. The van der Waals surface area contributed by atoms with Crippen LogP contribution in [0.25, 0.3) is 22.3 Å². The summed E-state index contributed by atoms with van der Waals surface area (Å²) in [6.07, 6.45) is 0. The van der Waals surface area contributed by atoms with E-state index in [9.17, 15) is 8.78 Å². The van der Waals surface area contributed by atoms with Crippen molar-refractivity contribution in [3.05, 3.63) is 59.7 Å². The average Bonchev–Trinajstić information content (AvgIpc) is 2.84. The Morgan fingerprint density at radius 3 is 2.42 bits per heavy atom. The van der Waals surface area contributed by atoms with Gasteiger partial charge < -0.3 is 4.42 Å². The normalized spacial score (nSPS) is 11.1. The molecule has 0 fully saturated rings. The van der Waals surface area contributed by atoms with Gasteiger partial charge in [0.1, 0.15) is 11.6 Å². The van der Waals surface area contributed by atoms with Crippen LogP contribution >= 0.6 is 11.6 Å². The van der Waals surface area contributed by atoms with E-state index in [0.717, 1.165) is 0 Å². The van der Waals surface area contributed by atoms with Gasteiger partial charge in [0.05, 0.1) is 0 Å². The van der Waals surface area contributed by atoms with Crippen LogP contribution in [0.4, 0.5) is 8.78 Å². The molecule has 19 heavy (non-hydrogen) atoms. The van der Waals surface area contributed by atoms with Gasteiger partial charge in [-0.1, -0.05) is 0 Å². The maximum atomic E-state index is 13.8. The molecule has 3 rings (SSSR count). The van der Waals surface area contributed by atoms with E-state index in [4.69, 9.17) is 16.0 Å². The molecule has 1 heterocycles. The zero-order valence-corrected chi connectivity index (χ0v) is 10.5. The molecule has 0 aliphatic carbocycles. The van der Waals surface area contributed by atoms with Crippen LogP contribution in [-0.2, 0) is 5.88 Å². The predicted molar refractivity (Wildman–Crippen MR) is 71.1 cm³/mol. The first kappa shape index (κ1) is 12.2. The van der Waals surface area contributed by atoms with Crippen LogP contribution in [0.1, 0.15) is 5.56 Å². The standard InChI is InChI=1S/C15H9ClF2O/c16-8-9-5-11-7-14(19-15(11)13(18)6-9)10-1-3-12(17)4-2-10/h1-7H,8H2. The summed E-state index contributed by atoms with van der Waals surface area (Å²) in [7, 11) is 0. The van der Waals surface area contributed by atoms with Gasteiger partial charge in [-0.2, -0.15) is 0 Å². The lowest BCUT2D eigenvalue weighted by Gasteiger charge is -1.96. The van der Waals surface area contributed by atoms with Crippen molar-refractivity contribution in [1.82, 2.24) is 0 Å². The summed E-state index contributed by atoms with van der Waals surface area (Å²) in [5.41, 5.74) is 1.58. The lowest BCUT2D eigenvalue weighted by atomic mass is 10.1. The Kier molecular flexibility index (Phi) is 2.99. The van der Waals surface area contributed by atoms with Gasteiger partial charge in [-0.25, -0.2) is 8.78 Å². The fourth-order valence-electron chi connectivity index (χ4n) is 2.00. The first-order chi connectivity index (χ1) is 9.17. The van der Waals surface area contributed by atoms with E-state index in [2.05, 4.69) is 0 Å². The van der Waals surface area contributed by atoms with Crippen LogP contribution in [0.15, 0.2) is 46.9 Å². The summed E-state index contributed by atoms with van der Waals surface area (Å²) >= 11 is 5.70. The molecular formula is C15H9ClF2O. The Morgan fingerprint density at radius 2 is 1.74 bits per heavy atom. The van der Waals surface area contributed by atoms with E-state index >= 15 is 0 Å². The molecule has 0 amide bonds. The maximum Gasteiger partial charge on any atom is 0.170 e. The van der Waals surface area contributed by atoms with Crippen LogP contribution < -0.4 is 0 Å². The van der Waals surface area contributed by atoms with Crippen molar-refractivity contribution in [2.24, 2.45) is 0 Å². The van der Waals surface area contributed by atoms with Crippen molar-refractivity contribution in [3.8, 4) is 11.3 Å². The summed E-state index contributed by atoms with van der Waals surface area (Å²) in [6, 6.07) is 10.7. The number of halogens is 3.